The first-order chi connectivity index (χ1) is 8.61. The highest BCUT2D eigenvalue weighted by molar-refractivity contribution is 7.99. The van der Waals surface area contributed by atoms with Gasteiger partial charge in [-0.25, -0.2) is 4.79 Å². The molecule has 3 N–H and O–H groups in total. The van der Waals surface area contributed by atoms with E-state index >= 15 is 0 Å². The van der Waals surface area contributed by atoms with Gasteiger partial charge >= 0.3 is 6.03 Å². The number of ether oxygens (including phenoxy) is 1. The molecule has 98 valence electrons. The van der Waals surface area contributed by atoms with Gasteiger partial charge in [-0.3, -0.25) is 10.1 Å². The molecule has 0 bridgehead atoms. The first-order valence-corrected chi connectivity index (χ1v) is 6.55. The Morgan fingerprint density at radius 3 is 2.56 bits per heavy atom. The summed E-state index contributed by atoms with van der Waals surface area (Å²) < 4.78 is 5.32. The average Bonchev–Trinajstić information content (AvgIpc) is 2.31. The van der Waals surface area contributed by atoms with Crippen LogP contribution in [-0.2, 0) is 4.79 Å². The van der Waals surface area contributed by atoms with Gasteiger partial charge in [-0.2, -0.15) is 0 Å². The number of primary amides is 1. The van der Waals surface area contributed by atoms with Crippen LogP contribution >= 0.6 is 11.8 Å². The van der Waals surface area contributed by atoms with Crippen molar-refractivity contribution in [2.45, 2.75) is 18.2 Å². The normalized spacial score (nSPS) is 9.83. The quantitative estimate of drug-likeness (QED) is 0.770. The number of benzene rings is 1. The van der Waals surface area contributed by atoms with Crippen molar-refractivity contribution in [1.29, 1.82) is 0 Å². The van der Waals surface area contributed by atoms with Crippen molar-refractivity contribution in [3.63, 3.8) is 0 Å². The number of carbonyl (C=O) groups excluding carboxylic acids is 2. The van der Waals surface area contributed by atoms with Crippen molar-refractivity contribution in [3.05, 3.63) is 24.3 Å². The Labute approximate surface area is 110 Å². The van der Waals surface area contributed by atoms with E-state index in [4.69, 9.17) is 10.5 Å². The molecule has 0 atom stereocenters. The molecule has 6 heteroatoms. The molecule has 0 aliphatic rings. The maximum Gasteiger partial charge on any atom is 0.318 e. The lowest BCUT2D eigenvalue weighted by molar-refractivity contribution is -0.119. The number of urea groups is 1. The van der Waals surface area contributed by atoms with E-state index in [1.165, 1.54) is 11.8 Å². The van der Waals surface area contributed by atoms with E-state index < -0.39 is 6.03 Å². The predicted octanol–water partition coefficient (Wildman–Crippen LogP) is 1.76. The Kier molecular flexibility index (Phi) is 6.07. The summed E-state index contributed by atoms with van der Waals surface area (Å²) in [7, 11) is 0. The predicted molar refractivity (Wildman–Crippen MR) is 70.7 cm³/mol. The fraction of sp³-hybridized carbons (Fsp3) is 0.333. The molecule has 1 aromatic carbocycles. The molecule has 1 rings (SSSR count). The van der Waals surface area contributed by atoms with Crippen LogP contribution in [0.2, 0.25) is 0 Å². The lowest BCUT2D eigenvalue weighted by atomic mass is 10.3. The lowest BCUT2D eigenvalue weighted by Gasteiger charge is -2.04. The zero-order chi connectivity index (χ0) is 13.4. The smallest absolute Gasteiger partial charge is 0.318 e. The molecule has 18 heavy (non-hydrogen) atoms. The summed E-state index contributed by atoms with van der Waals surface area (Å²) in [6, 6.07) is 6.82. The molecule has 0 aromatic heterocycles. The summed E-state index contributed by atoms with van der Waals surface area (Å²) in [5, 5.41) is 2.02. The van der Waals surface area contributed by atoms with Gasteiger partial charge in [0, 0.05) is 17.1 Å². The van der Waals surface area contributed by atoms with E-state index in [1.54, 1.807) is 0 Å². The van der Waals surface area contributed by atoms with E-state index in [9.17, 15) is 9.59 Å². The van der Waals surface area contributed by atoms with E-state index in [0.717, 1.165) is 10.6 Å². The second-order valence-electron chi connectivity index (χ2n) is 3.42. The van der Waals surface area contributed by atoms with Crippen molar-refractivity contribution in [2.75, 3.05) is 12.4 Å². The molecule has 0 saturated heterocycles. The third kappa shape index (κ3) is 5.58. The minimum absolute atomic E-state index is 0.251. The van der Waals surface area contributed by atoms with Crippen LogP contribution in [0.5, 0.6) is 5.75 Å². The molecule has 0 radical (unpaired) electrons. The number of imide groups is 1. The lowest BCUT2D eigenvalue weighted by Crippen LogP contribution is -2.35. The Morgan fingerprint density at radius 1 is 1.33 bits per heavy atom. The third-order valence-electron chi connectivity index (χ3n) is 2.00. The zero-order valence-corrected chi connectivity index (χ0v) is 11.0. The van der Waals surface area contributed by atoms with Crippen molar-refractivity contribution in [1.82, 2.24) is 5.32 Å². The fourth-order valence-electron chi connectivity index (χ4n) is 1.26. The molecule has 1 aromatic rings. The SMILES string of the molecule is CCOc1ccc(SCCC(=O)NC(N)=O)cc1. The van der Waals surface area contributed by atoms with E-state index in [-0.39, 0.29) is 12.3 Å². The Hall–Kier alpha value is -1.69. The first-order valence-electron chi connectivity index (χ1n) is 5.56. The highest BCUT2D eigenvalue weighted by Gasteiger charge is 2.04. The standard InChI is InChI=1S/C12H16N2O3S/c1-2-17-9-3-5-10(6-4-9)18-8-7-11(15)14-12(13)16/h3-6H,2,7-8H2,1H3,(H3,13,14,15,16). The molecule has 5 nitrogen and oxygen atoms in total. The second kappa shape index (κ2) is 7.60. The number of amides is 3. The minimum atomic E-state index is -0.814. The molecule has 0 fully saturated rings. The van der Waals surface area contributed by atoms with Crippen LogP contribution in [0.1, 0.15) is 13.3 Å². The van der Waals surface area contributed by atoms with Crippen LogP contribution in [0.3, 0.4) is 0 Å². The maximum atomic E-state index is 11.1. The summed E-state index contributed by atoms with van der Waals surface area (Å²) in [5.41, 5.74) is 4.83. The zero-order valence-electron chi connectivity index (χ0n) is 10.1. The topological polar surface area (TPSA) is 81.4 Å². The fourth-order valence-corrected chi connectivity index (χ4v) is 2.11. The van der Waals surface area contributed by atoms with Gasteiger partial charge in [-0.15, -0.1) is 11.8 Å². The van der Waals surface area contributed by atoms with E-state index in [0.29, 0.717) is 12.4 Å². The Morgan fingerprint density at radius 2 is 2.00 bits per heavy atom. The average molecular weight is 268 g/mol. The van der Waals surface area contributed by atoms with E-state index in [2.05, 4.69) is 0 Å². The molecular weight excluding hydrogens is 252 g/mol. The van der Waals surface area contributed by atoms with Crippen LogP contribution in [0.25, 0.3) is 0 Å². The number of rotatable bonds is 6. The maximum absolute atomic E-state index is 11.1. The number of nitrogens with one attached hydrogen (secondary N) is 1. The summed E-state index contributed by atoms with van der Waals surface area (Å²) in [4.78, 5) is 22.6. The van der Waals surface area contributed by atoms with Crippen molar-refractivity contribution < 1.29 is 14.3 Å². The van der Waals surface area contributed by atoms with Gasteiger partial charge in [0.2, 0.25) is 5.91 Å². The molecule has 0 spiro atoms. The van der Waals surface area contributed by atoms with Gasteiger partial charge in [-0.05, 0) is 31.2 Å². The Bertz CT molecular complexity index is 406. The first kappa shape index (κ1) is 14.4. The molecule has 0 heterocycles. The van der Waals surface area contributed by atoms with Crippen molar-refractivity contribution >= 4 is 23.7 Å². The van der Waals surface area contributed by atoms with Crippen LogP contribution in [0, 0.1) is 0 Å². The van der Waals surface area contributed by atoms with Gasteiger partial charge < -0.3 is 10.5 Å². The van der Waals surface area contributed by atoms with Gasteiger partial charge in [0.05, 0.1) is 6.61 Å². The number of hydrogen-bond acceptors (Lipinski definition) is 4. The van der Waals surface area contributed by atoms with Gasteiger partial charge in [0.25, 0.3) is 0 Å². The molecule has 0 unspecified atom stereocenters. The second-order valence-corrected chi connectivity index (χ2v) is 4.58. The summed E-state index contributed by atoms with van der Waals surface area (Å²) in [6.45, 7) is 2.57. The van der Waals surface area contributed by atoms with Crippen LogP contribution in [0.15, 0.2) is 29.2 Å². The molecule has 0 saturated carbocycles. The van der Waals surface area contributed by atoms with Crippen LogP contribution in [-0.4, -0.2) is 24.3 Å². The van der Waals surface area contributed by atoms with Crippen molar-refractivity contribution in [2.24, 2.45) is 5.73 Å². The number of thioether (sulfide) groups is 1. The van der Waals surface area contributed by atoms with Gasteiger partial charge in [0.15, 0.2) is 0 Å². The molecule has 3 amide bonds. The largest absolute Gasteiger partial charge is 0.494 e. The number of hydrogen-bond donors (Lipinski definition) is 2. The molecule has 0 aliphatic heterocycles. The van der Waals surface area contributed by atoms with Crippen LogP contribution in [0.4, 0.5) is 4.79 Å². The Balaban J connectivity index is 2.31. The summed E-state index contributed by atoms with van der Waals surface area (Å²) in [5.74, 6) is 1.06. The van der Waals surface area contributed by atoms with E-state index in [1.807, 2.05) is 36.5 Å². The third-order valence-corrected chi connectivity index (χ3v) is 3.01. The van der Waals surface area contributed by atoms with Crippen molar-refractivity contribution in [3.8, 4) is 5.75 Å². The number of carbonyl (C=O) groups is 2. The number of nitrogens with two attached hydrogens (primary N) is 1. The van der Waals surface area contributed by atoms with Gasteiger partial charge in [-0.1, -0.05) is 0 Å². The summed E-state index contributed by atoms with van der Waals surface area (Å²) >= 11 is 1.53. The molecule has 0 aliphatic carbocycles. The minimum Gasteiger partial charge on any atom is -0.494 e. The highest BCUT2D eigenvalue weighted by atomic mass is 32.2. The monoisotopic (exact) mass is 268 g/mol. The highest BCUT2D eigenvalue weighted by Crippen LogP contribution is 2.21. The van der Waals surface area contributed by atoms with Gasteiger partial charge in [0.1, 0.15) is 5.75 Å². The summed E-state index contributed by atoms with van der Waals surface area (Å²) in [6.07, 6.45) is 0.251. The van der Waals surface area contributed by atoms with Crippen LogP contribution < -0.4 is 15.8 Å². The molecular formula is C12H16N2O3S.